The molecule has 82 valence electrons. The quantitative estimate of drug-likeness (QED) is 0.808. The molecule has 4 nitrogen and oxygen atoms in total. The molecule has 3 rings (SSSR count). The monoisotopic (exact) mass is 215 g/mol. The second kappa shape index (κ2) is 3.46. The number of nitrogens with zero attached hydrogens (tertiary/aromatic N) is 2. The molecule has 1 saturated heterocycles. The number of aromatic nitrogens is 1. The molecule has 1 N–H and O–H groups in total. The Bertz CT molecular complexity index is 456. The maximum atomic E-state index is 8.99. The minimum absolute atomic E-state index is 0.489. The molecule has 0 radical (unpaired) electrons. The van der Waals surface area contributed by atoms with E-state index in [2.05, 4.69) is 16.4 Å². The Balaban J connectivity index is 1.79. The summed E-state index contributed by atoms with van der Waals surface area (Å²) in [6.07, 6.45) is 1.63. The van der Waals surface area contributed by atoms with Crippen molar-refractivity contribution in [2.24, 2.45) is 11.8 Å². The summed E-state index contributed by atoms with van der Waals surface area (Å²) in [5.41, 5.74) is 2.47. The molecule has 4 heteroatoms. The number of hydrogen-bond donors (Lipinski definition) is 1. The molecule has 2 fully saturated rings. The SMILES string of the molecule is Cc1cc(NC2[C@H]3COC[C@@H]23)c(C#N)cn1. The molecule has 1 aromatic heterocycles. The van der Waals surface area contributed by atoms with E-state index >= 15 is 0 Å². The standard InChI is InChI=1S/C12H13N3O/c1-7-2-11(8(3-13)4-14-7)15-12-9-5-16-6-10(9)12/h2,4,9-10,12H,5-6H2,1H3,(H,14,15)/t9-,10+,12?. The summed E-state index contributed by atoms with van der Waals surface area (Å²) in [6.45, 7) is 3.64. The molecule has 1 aliphatic carbocycles. The van der Waals surface area contributed by atoms with Crippen LogP contribution in [0.4, 0.5) is 5.69 Å². The van der Waals surface area contributed by atoms with Gasteiger partial charge >= 0.3 is 0 Å². The first-order chi connectivity index (χ1) is 7.79. The largest absolute Gasteiger partial charge is 0.381 e. The van der Waals surface area contributed by atoms with Crippen LogP contribution in [0.5, 0.6) is 0 Å². The molecule has 0 aromatic carbocycles. The van der Waals surface area contributed by atoms with Crippen molar-refractivity contribution in [3.05, 3.63) is 23.5 Å². The molecule has 1 unspecified atom stereocenters. The number of rotatable bonds is 2. The lowest BCUT2D eigenvalue weighted by Crippen LogP contribution is -2.13. The number of pyridine rings is 1. The molecule has 2 aliphatic rings. The van der Waals surface area contributed by atoms with Crippen molar-refractivity contribution in [2.75, 3.05) is 18.5 Å². The smallest absolute Gasteiger partial charge is 0.103 e. The van der Waals surface area contributed by atoms with E-state index in [0.717, 1.165) is 24.6 Å². The lowest BCUT2D eigenvalue weighted by Gasteiger charge is -2.10. The third-order valence-corrected chi connectivity index (χ3v) is 3.44. The van der Waals surface area contributed by atoms with Gasteiger partial charge in [-0.2, -0.15) is 5.26 Å². The van der Waals surface area contributed by atoms with Gasteiger partial charge in [0.25, 0.3) is 0 Å². The Morgan fingerprint density at radius 2 is 2.25 bits per heavy atom. The van der Waals surface area contributed by atoms with Gasteiger partial charge in [-0.05, 0) is 13.0 Å². The van der Waals surface area contributed by atoms with Gasteiger partial charge in [0.05, 0.1) is 24.5 Å². The van der Waals surface area contributed by atoms with Gasteiger partial charge in [-0.25, -0.2) is 0 Å². The number of nitrogens with one attached hydrogen (secondary N) is 1. The van der Waals surface area contributed by atoms with Gasteiger partial charge in [-0.15, -0.1) is 0 Å². The molecule has 1 saturated carbocycles. The Morgan fingerprint density at radius 3 is 2.94 bits per heavy atom. The molecule has 1 aliphatic heterocycles. The molecule has 0 amide bonds. The fourth-order valence-corrected chi connectivity index (χ4v) is 2.40. The Hall–Kier alpha value is -1.60. The summed E-state index contributed by atoms with van der Waals surface area (Å²) in [5, 5.41) is 12.4. The van der Waals surface area contributed by atoms with Crippen LogP contribution in [-0.4, -0.2) is 24.2 Å². The number of anilines is 1. The second-order valence-corrected chi connectivity index (χ2v) is 4.52. The fourth-order valence-electron chi connectivity index (χ4n) is 2.40. The number of ether oxygens (including phenoxy) is 1. The van der Waals surface area contributed by atoms with E-state index in [0.29, 0.717) is 23.4 Å². The highest BCUT2D eigenvalue weighted by Crippen LogP contribution is 2.46. The lowest BCUT2D eigenvalue weighted by molar-refractivity contribution is 0.162. The summed E-state index contributed by atoms with van der Waals surface area (Å²) in [6, 6.07) is 4.59. The van der Waals surface area contributed by atoms with E-state index in [9.17, 15) is 0 Å². The minimum Gasteiger partial charge on any atom is -0.381 e. The topological polar surface area (TPSA) is 57.9 Å². The Kier molecular flexibility index (Phi) is 2.08. The zero-order chi connectivity index (χ0) is 11.1. The van der Waals surface area contributed by atoms with E-state index in [1.807, 2.05) is 13.0 Å². The van der Waals surface area contributed by atoms with E-state index in [4.69, 9.17) is 10.00 Å². The number of hydrogen-bond acceptors (Lipinski definition) is 4. The fraction of sp³-hybridized carbons (Fsp3) is 0.500. The van der Waals surface area contributed by atoms with Crippen LogP contribution in [0.2, 0.25) is 0 Å². The summed E-state index contributed by atoms with van der Waals surface area (Å²) in [7, 11) is 0. The molecule has 0 spiro atoms. The van der Waals surface area contributed by atoms with Gasteiger partial charge in [0, 0.05) is 29.8 Å². The average Bonchev–Trinajstić information content (AvgIpc) is 2.75. The van der Waals surface area contributed by atoms with E-state index in [-0.39, 0.29) is 0 Å². The van der Waals surface area contributed by atoms with Gasteiger partial charge < -0.3 is 10.1 Å². The first kappa shape index (κ1) is 9.61. The van der Waals surface area contributed by atoms with Crippen molar-refractivity contribution in [1.82, 2.24) is 4.98 Å². The zero-order valence-corrected chi connectivity index (χ0v) is 9.10. The second-order valence-electron chi connectivity index (χ2n) is 4.52. The normalized spacial score (nSPS) is 30.6. The van der Waals surface area contributed by atoms with Crippen molar-refractivity contribution in [1.29, 1.82) is 5.26 Å². The molecular formula is C12H13N3O. The summed E-state index contributed by atoms with van der Waals surface area (Å²) >= 11 is 0. The maximum absolute atomic E-state index is 8.99. The summed E-state index contributed by atoms with van der Waals surface area (Å²) in [5.74, 6) is 1.28. The molecule has 16 heavy (non-hydrogen) atoms. The molecule has 0 bridgehead atoms. The highest BCUT2D eigenvalue weighted by molar-refractivity contribution is 5.58. The zero-order valence-electron chi connectivity index (χ0n) is 9.10. The van der Waals surface area contributed by atoms with Gasteiger partial charge in [0.15, 0.2) is 0 Å². The first-order valence-electron chi connectivity index (χ1n) is 5.50. The van der Waals surface area contributed by atoms with Gasteiger partial charge in [0.2, 0.25) is 0 Å². The minimum atomic E-state index is 0.489. The number of fused-ring (bicyclic) bond motifs is 1. The molecule has 1 aromatic rings. The van der Waals surface area contributed by atoms with E-state index in [1.54, 1.807) is 6.20 Å². The van der Waals surface area contributed by atoms with Crippen LogP contribution in [-0.2, 0) is 4.74 Å². The van der Waals surface area contributed by atoms with Crippen LogP contribution in [0.3, 0.4) is 0 Å². The van der Waals surface area contributed by atoms with Crippen LogP contribution >= 0.6 is 0 Å². The van der Waals surface area contributed by atoms with E-state index < -0.39 is 0 Å². The predicted molar refractivity (Wildman–Crippen MR) is 58.9 cm³/mol. The lowest BCUT2D eigenvalue weighted by atomic mass is 10.2. The van der Waals surface area contributed by atoms with Gasteiger partial charge in [-0.1, -0.05) is 0 Å². The third kappa shape index (κ3) is 1.44. The van der Waals surface area contributed by atoms with Gasteiger partial charge in [0.1, 0.15) is 6.07 Å². The summed E-state index contributed by atoms with van der Waals surface area (Å²) in [4.78, 5) is 4.12. The molecular weight excluding hydrogens is 202 g/mol. The van der Waals surface area contributed by atoms with Crippen molar-refractivity contribution in [3.63, 3.8) is 0 Å². The average molecular weight is 215 g/mol. The highest BCUT2D eigenvalue weighted by atomic mass is 16.5. The Labute approximate surface area is 94.2 Å². The van der Waals surface area contributed by atoms with Crippen molar-refractivity contribution >= 4 is 5.69 Å². The molecule has 2 heterocycles. The Morgan fingerprint density at radius 1 is 1.50 bits per heavy atom. The van der Waals surface area contributed by atoms with Crippen LogP contribution in [0.1, 0.15) is 11.3 Å². The molecule has 3 atom stereocenters. The summed E-state index contributed by atoms with van der Waals surface area (Å²) < 4.78 is 5.34. The van der Waals surface area contributed by atoms with Crippen molar-refractivity contribution in [3.8, 4) is 6.07 Å². The van der Waals surface area contributed by atoms with Crippen LogP contribution in [0.15, 0.2) is 12.3 Å². The van der Waals surface area contributed by atoms with Crippen molar-refractivity contribution in [2.45, 2.75) is 13.0 Å². The van der Waals surface area contributed by atoms with Crippen LogP contribution in [0, 0.1) is 30.1 Å². The van der Waals surface area contributed by atoms with Crippen LogP contribution < -0.4 is 5.32 Å². The highest BCUT2D eigenvalue weighted by Gasteiger charge is 2.54. The maximum Gasteiger partial charge on any atom is 0.103 e. The van der Waals surface area contributed by atoms with E-state index in [1.165, 1.54) is 0 Å². The number of nitriles is 1. The van der Waals surface area contributed by atoms with Crippen molar-refractivity contribution < 1.29 is 4.74 Å². The predicted octanol–water partition coefficient (Wildman–Crippen LogP) is 1.32. The third-order valence-electron chi connectivity index (χ3n) is 3.44. The van der Waals surface area contributed by atoms with Gasteiger partial charge in [-0.3, -0.25) is 4.98 Å². The van der Waals surface area contributed by atoms with Crippen LogP contribution in [0.25, 0.3) is 0 Å². The number of aryl methyl sites for hydroxylation is 1. The first-order valence-corrected chi connectivity index (χ1v) is 5.50.